The SMILES string of the molecule is C.C.C=C(C(=O)OCCOC)S(=O)(=O)O. The van der Waals surface area contributed by atoms with Gasteiger partial charge in [-0.1, -0.05) is 21.4 Å². The Kier molecular flexibility index (Phi) is 11.0. The van der Waals surface area contributed by atoms with Crippen LogP contribution in [0.15, 0.2) is 11.5 Å². The predicted molar refractivity (Wildman–Crippen MR) is 57.0 cm³/mol. The van der Waals surface area contributed by atoms with E-state index >= 15 is 0 Å². The van der Waals surface area contributed by atoms with E-state index in [0.717, 1.165) is 0 Å². The molecule has 0 aliphatic carbocycles. The first-order valence-electron chi connectivity index (χ1n) is 3.22. The van der Waals surface area contributed by atoms with Gasteiger partial charge in [-0.2, -0.15) is 8.42 Å². The summed E-state index contributed by atoms with van der Waals surface area (Å²) >= 11 is 0. The molecule has 0 saturated carbocycles. The maximum Gasteiger partial charge on any atom is 0.351 e. The van der Waals surface area contributed by atoms with Crippen LogP contribution in [-0.4, -0.2) is 39.3 Å². The van der Waals surface area contributed by atoms with Crippen LogP contribution in [-0.2, 0) is 24.4 Å². The van der Waals surface area contributed by atoms with Crippen LogP contribution in [0.1, 0.15) is 14.9 Å². The van der Waals surface area contributed by atoms with E-state index in [2.05, 4.69) is 16.1 Å². The molecule has 0 fully saturated rings. The highest BCUT2D eigenvalue weighted by atomic mass is 32.2. The molecule has 0 radical (unpaired) electrons. The maximum absolute atomic E-state index is 10.7. The van der Waals surface area contributed by atoms with Crippen molar-refractivity contribution in [1.29, 1.82) is 0 Å². The van der Waals surface area contributed by atoms with E-state index in [4.69, 9.17) is 4.55 Å². The fourth-order valence-electron chi connectivity index (χ4n) is 0.404. The van der Waals surface area contributed by atoms with E-state index in [9.17, 15) is 13.2 Å². The van der Waals surface area contributed by atoms with Gasteiger partial charge in [0.15, 0.2) is 4.91 Å². The van der Waals surface area contributed by atoms with Gasteiger partial charge in [0.1, 0.15) is 6.61 Å². The number of ether oxygens (including phenoxy) is 2. The van der Waals surface area contributed by atoms with Crippen molar-refractivity contribution in [3.63, 3.8) is 0 Å². The highest BCUT2D eigenvalue weighted by Crippen LogP contribution is 2.02. The quantitative estimate of drug-likeness (QED) is 0.332. The lowest BCUT2D eigenvalue weighted by molar-refractivity contribution is -0.139. The van der Waals surface area contributed by atoms with Gasteiger partial charge in [0, 0.05) is 7.11 Å². The van der Waals surface area contributed by atoms with Crippen molar-refractivity contribution in [2.24, 2.45) is 0 Å². The Bertz CT molecular complexity index is 292. The molecule has 92 valence electrons. The number of hydrogen-bond acceptors (Lipinski definition) is 5. The molecule has 0 aromatic carbocycles. The lowest BCUT2D eigenvalue weighted by Crippen LogP contribution is -2.16. The fraction of sp³-hybridized carbons (Fsp3) is 0.625. The second-order valence-electron chi connectivity index (χ2n) is 2.03. The molecule has 0 aromatic rings. The Labute approximate surface area is 90.6 Å². The van der Waals surface area contributed by atoms with Crippen molar-refractivity contribution < 1.29 is 27.2 Å². The minimum Gasteiger partial charge on any atom is -0.459 e. The van der Waals surface area contributed by atoms with Crippen LogP contribution in [0.5, 0.6) is 0 Å². The zero-order chi connectivity index (χ0) is 10.5. The molecule has 6 nitrogen and oxygen atoms in total. The highest BCUT2D eigenvalue weighted by Gasteiger charge is 2.20. The normalized spacial score (nSPS) is 9.47. The molecule has 15 heavy (non-hydrogen) atoms. The highest BCUT2D eigenvalue weighted by molar-refractivity contribution is 7.90. The Morgan fingerprint density at radius 3 is 2.13 bits per heavy atom. The third-order valence-corrected chi connectivity index (χ3v) is 1.85. The summed E-state index contributed by atoms with van der Waals surface area (Å²) in [6, 6.07) is 0. The average molecular weight is 242 g/mol. The summed E-state index contributed by atoms with van der Waals surface area (Å²) in [5.74, 6) is -1.18. The predicted octanol–water partition coefficient (Wildman–Crippen LogP) is 0.850. The minimum absolute atomic E-state index is 0. The van der Waals surface area contributed by atoms with Crippen molar-refractivity contribution in [3.8, 4) is 0 Å². The molecule has 7 heteroatoms. The van der Waals surface area contributed by atoms with E-state index in [1.807, 2.05) is 0 Å². The van der Waals surface area contributed by atoms with E-state index in [0.29, 0.717) is 0 Å². The summed E-state index contributed by atoms with van der Waals surface area (Å²) in [7, 11) is -3.15. The largest absolute Gasteiger partial charge is 0.459 e. The third kappa shape index (κ3) is 8.10. The summed E-state index contributed by atoms with van der Waals surface area (Å²) in [6.45, 7) is 2.90. The number of hydrogen-bond donors (Lipinski definition) is 1. The molecule has 0 aliphatic heterocycles. The van der Waals surface area contributed by atoms with E-state index < -0.39 is 21.0 Å². The van der Waals surface area contributed by atoms with Gasteiger partial charge in [-0.3, -0.25) is 4.55 Å². The van der Waals surface area contributed by atoms with Crippen molar-refractivity contribution in [2.75, 3.05) is 20.3 Å². The molecule has 0 rings (SSSR count). The lowest BCUT2D eigenvalue weighted by atomic mass is 10.6. The first kappa shape index (κ1) is 19.6. The van der Waals surface area contributed by atoms with Crippen LogP contribution >= 0.6 is 0 Å². The Morgan fingerprint density at radius 2 is 1.80 bits per heavy atom. The topological polar surface area (TPSA) is 89.9 Å². The van der Waals surface area contributed by atoms with Crippen LogP contribution in [0.25, 0.3) is 0 Å². The van der Waals surface area contributed by atoms with Gasteiger partial charge >= 0.3 is 16.1 Å². The average Bonchev–Trinajstić information content (AvgIpc) is 2.01. The fourth-order valence-corrected chi connectivity index (χ4v) is 0.673. The van der Waals surface area contributed by atoms with Gasteiger partial charge in [-0.15, -0.1) is 0 Å². The number of carbonyl (C=O) groups excluding carboxylic acids is 1. The van der Waals surface area contributed by atoms with Crippen LogP contribution in [0.2, 0.25) is 0 Å². The molecular formula is C8H18O6S. The lowest BCUT2D eigenvalue weighted by Gasteiger charge is -2.03. The first-order chi connectivity index (χ1) is 5.89. The van der Waals surface area contributed by atoms with Crippen molar-refractivity contribution in [1.82, 2.24) is 0 Å². The van der Waals surface area contributed by atoms with Gasteiger partial charge in [0.2, 0.25) is 0 Å². The van der Waals surface area contributed by atoms with Crippen molar-refractivity contribution in [2.45, 2.75) is 14.9 Å². The number of carbonyl (C=O) groups is 1. The summed E-state index contributed by atoms with van der Waals surface area (Å²) in [6.07, 6.45) is 0. The molecule has 0 unspecified atom stereocenters. The molecule has 0 spiro atoms. The smallest absolute Gasteiger partial charge is 0.351 e. The molecule has 0 amide bonds. The van der Waals surface area contributed by atoms with E-state index in [1.54, 1.807) is 0 Å². The molecule has 1 N–H and O–H groups in total. The van der Waals surface area contributed by atoms with E-state index in [-0.39, 0.29) is 28.1 Å². The summed E-state index contributed by atoms with van der Waals surface area (Å²) in [5, 5.41) is 0. The van der Waals surface area contributed by atoms with Crippen LogP contribution in [0, 0.1) is 0 Å². The zero-order valence-corrected chi connectivity index (χ0v) is 7.83. The first-order valence-corrected chi connectivity index (χ1v) is 4.66. The molecule has 0 bridgehead atoms. The van der Waals surface area contributed by atoms with E-state index in [1.165, 1.54) is 7.11 Å². The molecule has 0 aromatic heterocycles. The maximum atomic E-state index is 10.7. The van der Waals surface area contributed by atoms with Crippen molar-refractivity contribution in [3.05, 3.63) is 11.5 Å². The minimum atomic E-state index is -4.55. The third-order valence-electron chi connectivity index (χ3n) is 1.06. The van der Waals surface area contributed by atoms with Gasteiger partial charge in [-0.05, 0) is 0 Å². The number of methoxy groups -OCH3 is 1. The Hall–Kier alpha value is -0.920. The van der Waals surface area contributed by atoms with Crippen LogP contribution in [0.4, 0.5) is 0 Å². The number of rotatable bonds is 5. The van der Waals surface area contributed by atoms with Gasteiger partial charge in [0.05, 0.1) is 6.61 Å². The standard InChI is InChI=1S/C6H10O6S.2CH4/c1-5(13(8,9)10)6(7)12-4-3-11-2;;/h1,3-4H2,2H3,(H,8,9,10);2*1H4. The van der Waals surface area contributed by atoms with Crippen LogP contribution in [0.3, 0.4) is 0 Å². The van der Waals surface area contributed by atoms with Crippen molar-refractivity contribution >= 4 is 16.1 Å². The summed E-state index contributed by atoms with van der Waals surface area (Å²) < 4.78 is 37.9. The second-order valence-corrected chi connectivity index (χ2v) is 3.47. The van der Waals surface area contributed by atoms with Gasteiger partial charge in [-0.25, -0.2) is 4.79 Å². The number of esters is 1. The molecule has 0 atom stereocenters. The second kappa shape index (κ2) is 8.39. The summed E-state index contributed by atoms with van der Waals surface area (Å²) in [5.41, 5.74) is 0. The molecule has 0 saturated heterocycles. The molecule has 0 aliphatic rings. The summed E-state index contributed by atoms with van der Waals surface area (Å²) in [4.78, 5) is 9.77. The Morgan fingerprint density at radius 1 is 1.33 bits per heavy atom. The van der Waals surface area contributed by atoms with Gasteiger partial charge in [0.25, 0.3) is 0 Å². The molecular weight excluding hydrogens is 224 g/mol. The zero-order valence-electron chi connectivity index (χ0n) is 7.02. The Balaban J connectivity index is -0.000000720. The van der Waals surface area contributed by atoms with Crippen LogP contribution < -0.4 is 0 Å². The molecule has 0 heterocycles. The monoisotopic (exact) mass is 242 g/mol. The van der Waals surface area contributed by atoms with Gasteiger partial charge < -0.3 is 9.47 Å².